The zero-order valence-corrected chi connectivity index (χ0v) is 8.88. The molecule has 0 aromatic carbocycles. The largest absolute Gasteiger partial charge is 0.469 e. The van der Waals surface area contributed by atoms with E-state index in [1.54, 1.807) is 12.3 Å². The van der Waals surface area contributed by atoms with Gasteiger partial charge in [0.05, 0.1) is 13.5 Å². The van der Waals surface area contributed by atoms with Crippen LogP contribution in [0.25, 0.3) is 0 Å². The SMILES string of the molecule is COC(=O)CC(c1ccncn1)C(C)N. The second kappa shape index (κ2) is 5.41. The number of nitrogens with zero attached hydrogens (tertiary/aromatic N) is 2. The quantitative estimate of drug-likeness (QED) is 0.729. The molecule has 0 aliphatic heterocycles. The van der Waals surface area contributed by atoms with Crippen LogP contribution in [0, 0.1) is 0 Å². The van der Waals surface area contributed by atoms with Crippen molar-refractivity contribution < 1.29 is 9.53 Å². The number of rotatable bonds is 4. The van der Waals surface area contributed by atoms with Crippen LogP contribution >= 0.6 is 0 Å². The first-order valence-corrected chi connectivity index (χ1v) is 4.73. The Morgan fingerprint density at radius 2 is 2.40 bits per heavy atom. The molecule has 5 nitrogen and oxygen atoms in total. The minimum Gasteiger partial charge on any atom is -0.469 e. The maximum atomic E-state index is 11.2. The Bertz CT molecular complexity index is 314. The van der Waals surface area contributed by atoms with Crippen molar-refractivity contribution in [2.45, 2.75) is 25.3 Å². The maximum absolute atomic E-state index is 11.2. The average molecular weight is 209 g/mol. The molecular formula is C10H15N3O2. The van der Waals surface area contributed by atoms with Crippen molar-refractivity contribution >= 4 is 5.97 Å². The third kappa shape index (κ3) is 3.28. The van der Waals surface area contributed by atoms with Crippen molar-refractivity contribution in [3.8, 4) is 0 Å². The predicted molar refractivity (Wildman–Crippen MR) is 55.1 cm³/mol. The number of ether oxygens (including phenoxy) is 1. The van der Waals surface area contributed by atoms with E-state index in [1.807, 2.05) is 6.92 Å². The molecule has 0 radical (unpaired) electrons. The zero-order valence-electron chi connectivity index (χ0n) is 8.88. The topological polar surface area (TPSA) is 78.1 Å². The normalized spacial score (nSPS) is 14.3. The number of hydrogen-bond donors (Lipinski definition) is 1. The molecular weight excluding hydrogens is 194 g/mol. The number of esters is 1. The van der Waals surface area contributed by atoms with Gasteiger partial charge in [-0.2, -0.15) is 0 Å². The highest BCUT2D eigenvalue weighted by Gasteiger charge is 2.21. The number of hydrogen-bond acceptors (Lipinski definition) is 5. The molecule has 82 valence electrons. The highest BCUT2D eigenvalue weighted by Crippen LogP contribution is 2.20. The minimum atomic E-state index is -0.282. The van der Waals surface area contributed by atoms with Crippen molar-refractivity contribution in [2.24, 2.45) is 5.73 Å². The van der Waals surface area contributed by atoms with Crippen LogP contribution in [0.5, 0.6) is 0 Å². The Hall–Kier alpha value is -1.49. The van der Waals surface area contributed by atoms with Crippen molar-refractivity contribution in [3.05, 3.63) is 24.3 Å². The van der Waals surface area contributed by atoms with Crippen molar-refractivity contribution in [1.82, 2.24) is 9.97 Å². The fraction of sp³-hybridized carbons (Fsp3) is 0.500. The van der Waals surface area contributed by atoms with E-state index in [0.717, 1.165) is 5.69 Å². The van der Waals surface area contributed by atoms with Crippen LogP contribution in [0.15, 0.2) is 18.6 Å². The van der Waals surface area contributed by atoms with Crippen LogP contribution in [0.2, 0.25) is 0 Å². The second-order valence-corrected chi connectivity index (χ2v) is 3.38. The number of methoxy groups -OCH3 is 1. The Balaban J connectivity index is 2.79. The molecule has 1 aromatic heterocycles. The molecule has 2 unspecified atom stereocenters. The fourth-order valence-corrected chi connectivity index (χ4v) is 1.34. The van der Waals surface area contributed by atoms with E-state index < -0.39 is 0 Å². The first kappa shape index (κ1) is 11.6. The van der Waals surface area contributed by atoms with E-state index in [-0.39, 0.29) is 24.3 Å². The summed E-state index contributed by atoms with van der Waals surface area (Å²) in [6.07, 6.45) is 3.32. The summed E-state index contributed by atoms with van der Waals surface area (Å²) < 4.78 is 4.61. The summed E-state index contributed by atoms with van der Waals surface area (Å²) in [7, 11) is 1.36. The van der Waals surface area contributed by atoms with E-state index in [0.29, 0.717) is 0 Å². The van der Waals surface area contributed by atoms with Gasteiger partial charge in [0.2, 0.25) is 0 Å². The van der Waals surface area contributed by atoms with Gasteiger partial charge in [-0.1, -0.05) is 0 Å². The number of nitrogens with two attached hydrogens (primary N) is 1. The zero-order chi connectivity index (χ0) is 11.3. The lowest BCUT2D eigenvalue weighted by Crippen LogP contribution is -2.27. The van der Waals surface area contributed by atoms with E-state index in [9.17, 15) is 4.79 Å². The highest BCUT2D eigenvalue weighted by atomic mass is 16.5. The van der Waals surface area contributed by atoms with Gasteiger partial charge in [-0.15, -0.1) is 0 Å². The summed E-state index contributed by atoms with van der Waals surface area (Å²) in [6, 6.07) is 1.61. The smallest absolute Gasteiger partial charge is 0.306 e. The molecule has 0 spiro atoms. The minimum absolute atomic E-state index is 0.125. The highest BCUT2D eigenvalue weighted by molar-refractivity contribution is 5.70. The van der Waals surface area contributed by atoms with Crippen LogP contribution in [-0.2, 0) is 9.53 Å². The standard InChI is InChI=1S/C10H15N3O2/c1-7(11)8(5-10(14)15-2)9-3-4-12-6-13-9/h3-4,6-8H,5,11H2,1-2H3. The maximum Gasteiger partial charge on any atom is 0.306 e. The third-order valence-electron chi connectivity index (χ3n) is 2.23. The van der Waals surface area contributed by atoms with Gasteiger partial charge >= 0.3 is 5.97 Å². The molecule has 0 bridgehead atoms. The summed E-state index contributed by atoms with van der Waals surface area (Å²) in [4.78, 5) is 19.1. The first-order valence-electron chi connectivity index (χ1n) is 4.73. The van der Waals surface area contributed by atoms with Gasteiger partial charge in [-0.3, -0.25) is 4.79 Å². The second-order valence-electron chi connectivity index (χ2n) is 3.38. The molecule has 2 atom stereocenters. The lowest BCUT2D eigenvalue weighted by molar-refractivity contribution is -0.141. The van der Waals surface area contributed by atoms with Gasteiger partial charge in [-0.25, -0.2) is 9.97 Å². The van der Waals surface area contributed by atoms with Crippen LogP contribution in [-0.4, -0.2) is 29.1 Å². The summed E-state index contributed by atoms with van der Waals surface area (Å²) in [5, 5.41) is 0. The summed E-state index contributed by atoms with van der Waals surface area (Å²) in [5.41, 5.74) is 6.57. The van der Waals surface area contributed by atoms with Crippen LogP contribution in [0.1, 0.15) is 25.0 Å². The van der Waals surface area contributed by atoms with Crippen LogP contribution in [0.3, 0.4) is 0 Å². The van der Waals surface area contributed by atoms with Crippen LogP contribution < -0.4 is 5.73 Å². The lowest BCUT2D eigenvalue weighted by Gasteiger charge is -2.18. The molecule has 0 saturated heterocycles. The molecule has 1 rings (SSSR count). The third-order valence-corrected chi connectivity index (χ3v) is 2.23. The summed E-state index contributed by atoms with van der Waals surface area (Å²) >= 11 is 0. The van der Waals surface area contributed by atoms with Gasteiger partial charge in [0.1, 0.15) is 6.33 Å². The molecule has 0 aliphatic carbocycles. The van der Waals surface area contributed by atoms with E-state index in [1.165, 1.54) is 13.4 Å². The molecule has 0 amide bonds. The molecule has 15 heavy (non-hydrogen) atoms. The van der Waals surface area contributed by atoms with Gasteiger partial charge < -0.3 is 10.5 Å². The molecule has 1 heterocycles. The molecule has 2 N–H and O–H groups in total. The van der Waals surface area contributed by atoms with E-state index in [4.69, 9.17) is 5.73 Å². The molecule has 1 aromatic rings. The van der Waals surface area contributed by atoms with Crippen molar-refractivity contribution in [2.75, 3.05) is 7.11 Å². The van der Waals surface area contributed by atoms with Gasteiger partial charge in [-0.05, 0) is 13.0 Å². The molecule has 0 saturated carbocycles. The van der Waals surface area contributed by atoms with E-state index >= 15 is 0 Å². The van der Waals surface area contributed by atoms with E-state index in [2.05, 4.69) is 14.7 Å². The Morgan fingerprint density at radius 1 is 1.67 bits per heavy atom. The number of carbonyl (C=O) groups excluding carboxylic acids is 1. The predicted octanol–water partition coefficient (Wildman–Crippen LogP) is 0.470. The fourth-order valence-electron chi connectivity index (χ4n) is 1.34. The molecule has 0 fully saturated rings. The van der Waals surface area contributed by atoms with Crippen molar-refractivity contribution in [1.29, 1.82) is 0 Å². The Morgan fingerprint density at radius 3 is 2.87 bits per heavy atom. The molecule has 5 heteroatoms. The summed E-state index contributed by atoms with van der Waals surface area (Å²) in [5.74, 6) is -0.406. The van der Waals surface area contributed by atoms with Crippen molar-refractivity contribution in [3.63, 3.8) is 0 Å². The molecule has 0 aliphatic rings. The van der Waals surface area contributed by atoms with Gasteiger partial charge in [0, 0.05) is 23.9 Å². The van der Waals surface area contributed by atoms with Gasteiger partial charge in [0.15, 0.2) is 0 Å². The monoisotopic (exact) mass is 209 g/mol. The number of aromatic nitrogens is 2. The first-order chi connectivity index (χ1) is 7.15. The van der Waals surface area contributed by atoms with Gasteiger partial charge in [0.25, 0.3) is 0 Å². The summed E-state index contributed by atoms with van der Waals surface area (Å²) in [6.45, 7) is 1.84. The Labute approximate surface area is 88.7 Å². The Kier molecular flexibility index (Phi) is 4.17. The number of carbonyl (C=O) groups is 1. The van der Waals surface area contributed by atoms with Crippen LogP contribution in [0.4, 0.5) is 0 Å². The lowest BCUT2D eigenvalue weighted by atomic mass is 9.94. The average Bonchev–Trinajstić information content (AvgIpc) is 2.26.